The van der Waals surface area contributed by atoms with E-state index in [9.17, 15) is 4.79 Å². The summed E-state index contributed by atoms with van der Waals surface area (Å²) in [6.07, 6.45) is 6.03. The van der Waals surface area contributed by atoms with Crippen molar-refractivity contribution in [1.82, 2.24) is 0 Å². The molecule has 0 aromatic rings. The summed E-state index contributed by atoms with van der Waals surface area (Å²) in [5.41, 5.74) is 3.03. The molecule has 0 aromatic heterocycles. The summed E-state index contributed by atoms with van der Waals surface area (Å²) in [4.78, 5) is 10.1. The highest BCUT2D eigenvalue weighted by molar-refractivity contribution is 6.74. The van der Waals surface area contributed by atoms with Crippen molar-refractivity contribution in [1.29, 1.82) is 0 Å². The molecule has 0 aliphatic rings. The lowest BCUT2D eigenvalue weighted by Crippen LogP contribution is -2.40. The van der Waals surface area contributed by atoms with E-state index >= 15 is 0 Å². The molecular weight excluding hydrogens is 216 g/mol. The molecular formula is C13H24O2Si. The maximum absolute atomic E-state index is 10.1. The van der Waals surface area contributed by atoms with Gasteiger partial charge in [-0.3, -0.25) is 0 Å². The molecule has 16 heavy (non-hydrogen) atoms. The average molecular weight is 240 g/mol. The third-order valence-electron chi connectivity index (χ3n) is 3.00. The predicted octanol–water partition coefficient (Wildman–Crippen LogP) is 3.70. The first-order chi connectivity index (χ1) is 7.31. The highest BCUT2D eigenvalue weighted by Gasteiger charge is 2.36. The monoisotopic (exact) mass is 240 g/mol. The van der Waals surface area contributed by atoms with Gasteiger partial charge >= 0.3 is 0 Å². The molecule has 2 nitrogen and oxygen atoms in total. The molecule has 0 rings (SSSR count). The Hall–Kier alpha value is -0.633. The van der Waals surface area contributed by atoms with E-state index in [1.54, 1.807) is 0 Å². The van der Waals surface area contributed by atoms with Gasteiger partial charge in [0.05, 0.1) is 6.61 Å². The van der Waals surface area contributed by atoms with E-state index in [0.717, 1.165) is 12.7 Å². The first-order valence-corrected chi connectivity index (χ1v) is 8.69. The highest BCUT2D eigenvalue weighted by Crippen LogP contribution is 2.36. The standard InChI is InChI=1S/C13H24O2Si/c1-13(2,3)16(4,5)15-12-10-8-6-7-9-11-14/h6,10-11H,7,9,12H2,1-5H3. The van der Waals surface area contributed by atoms with Gasteiger partial charge < -0.3 is 9.22 Å². The van der Waals surface area contributed by atoms with Gasteiger partial charge in [-0.05, 0) is 36.7 Å². The van der Waals surface area contributed by atoms with E-state index < -0.39 is 8.32 Å². The van der Waals surface area contributed by atoms with Crippen molar-refractivity contribution < 1.29 is 9.22 Å². The minimum absolute atomic E-state index is 0.252. The number of carbonyl (C=O) groups is 1. The summed E-state index contributed by atoms with van der Waals surface area (Å²) in [5, 5.41) is 0.252. The van der Waals surface area contributed by atoms with Crippen molar-refractivity contribution in [3.63, 3.8) is 0 Å². The molecule has 0 heterocycles. The van der Waals surface area contributed by atoms with E-state index in [0.29, 0.717) is 13.0 Å². The number of aldehydes is 1. The number of hydrogen-bond donors (Lipinski definition) is 0. The quantitative estimate of drug-likeness (QED) is 0.306. The first-order valence-electron chi connectivity index (χ1n) is 5.78. The summed E-state index contributed by atoms with van der Waals surface area (Å²) in [6, 6.07) is 0. The summed E-state index contributed by atoms with van der Waals surface area (Å²) in [7, 11) is -1.62. The normalized spacial score (nSPS) is 11.8. The third-order valence-corrected chi connectivity index (χ3v) is 7.50. The fraction of sp³-hybridized carbons (Fsp3) is 0.692. The molecule has 0 fully saturated rings. The summed E-state index contributed by atoms with van der Waals surface area (Å²) < 4.78 is 5.93. The molecule has 0 radical (unpaired) electrons. The predicted molar refractivity (Wildman–Crippen MR) is 71.1 cm³/mol. The molecule has 0 N–H and O–H groups in total. The molecule has 0 spiro atoms. The Morgan fingerprint density at radius 1 is 1.19 bits per heavy atom. The topological polar surface area (TPSA) is 26.3 Å². The van der Waals surface area contributed by atoms with E-state index in [1.165, 1.54) is 0 Å². The van der Waals surface area contributed by atoms with Crippen LogP contribution in [0.4, 0.5) is 0 Å². The zero-order chi connectivity index (χ0) is 12.7. The molecule has 0 saturated heterocycles. The summed E-state index contributed by atoms with van der Waals surface area (Å²) >= 11 is 0. The molecule has 0 aliphatic heterocycles. The second-order valence-corrected chi connectivity index (χ2v) is 10.2. The highest BCUT2D eigenvalue weighted by atomic mass is 28.4. The van der Waals surface area contributed by atoms with Gasteiger partial charge in [0.25, 0.3) is 0 Å². The third kappa shape index (κ3) is 6.06. The van der Waals surface area contributed by atoms with Crippen LogP contribution in [-0.2, 0) is 9.22 Å². The first kappa shape index (κ1) is 15.4. The molecule has 0 atom stereocenters. The largest absolute Gasteiger partial charge is 0.413 e. The Bertz CT molecular complexity index is 268. The van der Waals surface area contributed by atoms with Crippen LogP contribution in [0.15, 0.2) is 17.9 Å². The van der Waals surface area contributed by atoms with Crippen molar-refractivity contribution in [3.8, 4) is 0 Å². The van der Waals surface area contributed by atoms with Gasteiger partial charge in [0.1, 0.15) is 6.29 Å². The Labute approximate surface area is 101 Å². The minimum atomic E-state index is -1.62. The van der Waals surface area contributed by atoms with Gasteiger partial charge in [-0.15, -0.1) is 5.73 Å². The second kappa shape index (κ2) is 6.84. The van der Waals surface area contributed by atoms with E-state index in [1.807, 2.05) is 12.2 Å². The van der Waals surface area contributed by atoms with Crippen LogP contribution < -0.4 is 0 Å². The Balaban J connectivity index is 3.98. The average Bonchev–Trinajstić information content (AvgIpc) is 2.14. The van der Waals surface area contributed by atoms with Gasteiger partial charge in [-0.25, -0.2) is 0 Å². The van der Waals surface area contributed by atoms with Crippen molar-refractivity contribution in [2.45, 2.75) is 51.7 Å². The summed E-state index contributed by atoms with van der Waals surface area (Å²) in [6.45, 7) is 11.8. The van der Waals surface area contributed by atoms with Crippen molar-refractivity contribution >= 4 is 14.6 Å². The maximum Gasteiger partial charge on any atom is 0.192 e. The van der Waals surface area contributed by atoms with Gasteiger partial charge in [-0.2, -0.15) is 0 Å². The molecule has 0 aromatic carbocycles. The smallest absolute Gasteiger partial charge is 0.192 e. The van der Waals surface area contributed by atoms with Gasteiger partial charge in [0, 0.05) is 6.42 Å². The SMILES string of the molecule is CC(C)(C)[Si](C)(C)OCC=C=CCCC=O. The van der Waals surface area contributed by atoms with Crippen LogP contribution in [0.1, 0.15) is 33.6 Å². The molecule has 92 valence electrons. The summed E-state index contributed by atoms with van der Waals surface area (Å²) in [5.74, 6) is 0. The molecule has 0 saturated carbocycles. The molecule has 0 aliphatic carbocycles. The van der Waals surface area contributed by atoms with Gasteiger partial charge in [0.2, 0.25) is 0 Å². The number of unbranched alkanes of at least 4 members (excludes halogenated alkanes) is 1. The fourth-order valence-corrected chi connectivity index (χ4v) is 1.77. The van der Waals surface area contributed by atoms with Gasteiger partial charge in [0.15, 0.2) is 8.32 Å². The van der Waals surface area contributed by atoms with Crippen LogP contribution in [0, 0.1) is 0 Å². The van der Waals surface area contributed by atoms with Crippen molar-refractivity contribution in [2.75, 3.05) is 6.61 Å². The molecule has 0 bridgehead atoms. The van der Waals surface area contributed by atoms with Crippen molar-refractivity contribution in [3.05, 3.63) is 17.9 Å². The Morgan fingerprint density at radius 2 is 1.81 bits per heavy atom. The Morgan fingerprint density at radius 3 is 2.31 bits per heavy atom. The second-order valence-electron chi connectivity index (χ2n) is 5.39. The van der Waals surface area contributed by atoms with E-state index in [4.69, 9.17) is 4.43 Å². The zero-order valence-corrected chi connectivity index (χ0v) is 12.2. The maximum atomic E-state index is 10.1. The molecule has 0 unspecified atom stereocenters. The Kier molecular flexibility index (Phi) is 6.57. The lowest BCUT2D eigenvalue weighted by Gasteiger charge is -2.35. The van der Waals surface area contributed by atoms with Crippen molar-refractivity contribution in [2.24, 2.45) is 0 Å². The van der Waals surface area contributed by atoms with Gasteiger partial charge in [-0.1, -0.05) is 20.8 Å². The van der Waals surface area contributed by atoms with Crippen LogP contribution in [0.2, 0.25) is 18.1 Å². The number of carbonyl (C=O) groups excluding carboxylic acids is 1. The van der Waals surface area contributed by atoms with Crippen LogP contribution in [0.25, 0.3) is 0 Å². The van der Waals surface area contributed by atoms with E-state index in [2.05, 4.69) is 39.6 Å². The van der Waals surface area contributed by atoms with Crippen LogP contribution in [0.3, 0.4) is 0 Å². The van der Waals surface area contributed by atoms with Crippen LogP contribution in [-0.4, -0.2) is 21.2 Å². The number of rotatable bonds is 6. The lowest BCUT2D eigenvalue weighted by molar-refractivity contribution is -0.107. The molecule has 0 amide bonds. The number of hydrogen-bond acceptors (Lipinski definition) is 2. The van der Waals surface area contributed by atoms with Crippen LogP contribution >= 0.6 is 0 Å². The fourth-order valence-electron chi connectivity index (χ4n) is 0.833. The zero-order valence-electron chi connectivity index (χ0n) is 11.2. The van der Waals surface area contributed by atoms with E-state index in [-0.39, 0.29) is 5.04 Å². The molecule has 3 heteroatoms. The lowest BCUT2D eigenvalue weighted by atomic mass is 10.2. The minimum Gasteiger partial charge on any atom is -0.413 e. The van der Waals surface area contributed by atoms with Crippen LogP contribution in [0.5, 0.6) is 0 Å².